The molecule has 108 valence electrons. The molecule has 0 aliphatic heterocycles. The van der Waals surface area contributed by atoms with Crippen LogP contribution in [0.2, 0.25) is 5.02 Å². The highest BCUT2D eigenvalue weighted by Gasteiger charge is 2.16. The standard InChI is InChI=1S/C16H13ClO4/c1-4-15(19)21-16-11-6-5-9(2)7-12(11)14(8-13(16)17)20-10(3)18/h4-8H,1H2,2-3H3. The number of hydrogen-bond donors (Lipinski definition) is 0. The average Bonchev–Trinajstić information content (AvgIpc) is 2.42. The number of esters is 2. The first-order valence-electron chi connectivity index (χ1n) is 6.18. The molecule has 0 atom stereocenters. The van der Waals surface area contributed by atoms with E-state index in [-0.39, 0.29) is 10.8 Å². The fourth-order valence-corrected chi connectivity index (χ4v) is 2.17. The number of carbonyl (C=O) groups is 2. The van der Waals surface area contributed by atoms with Crippen molar-refractivity contribution in [2.75, 3.05) is 0 Å². The lowest BCUT2D eigenvalue weighted by atomic mass is 10.1. The molecule has 0 unspecified atom stereocenters. The number of aryl methyl sites for hydroxylation is 1. The number of rotatable bonds is 3. The van der Waals surface area contributed by atoms with Gasteiger partial charge >= 0.3 is 11.9 Å². The second-order valence-corrected chi connectivity index (χ2v) is 4.86. The number of carbonyl (C=O) groups excluding carboxylic acids is 2. The minimum Gasteiger partial charge on any atom is -0.426 e. The van der Waals surface area contributed by atoms with E-state index in [9.17, 15) is 9.59 Å². The van der Waals surface area contributed by atoms with Crippen LogP contribution in [0, 0.1) is 6.92 Å². The Morgan fingerprint density at radius 1 is 1.19 bits per heavy atom. The van der Waals surface area contributed by atoms with Crippen LogP contribution in [0.3, 0.4) is 0 Å². The number of hydrogen-bond acceptors (Lipinski definition) is 4. The van der Waals surface area contributed by atoms with Crippen molar-refractivity contribution in [3.63, 3.8) is 0 Å². The number of halogens is 1. The van der Waals surface area contributed by atoms with Gasteiger partial charge in [0.05, 0.1) is 5.02 Å². The van der Waals surface area contributed by atoms with E-state index in [2.05, 4.69) is 6.58 Å². The quantitative estimate of drug-likeness (QED) is 0.491. The molecular formula is C16H13ClO4. The van der Waals surface area contributed by atoms with Gasteiger partial charge in [-0.05, 0) is 13.0 Å². The molecule has 0 aromatic heterocycles. The Morgan fingerprint density at radius 3 is 2.52 bits per heavy atom. The van der Waals surface area contributed by atoms with Crippen LogP contribution in [0.25, 0.3) is 10.8 Å². The largest absolute Gasteiger partial charge is 0.426 e. The van der Waals surface area contributed by atoms with Crippen LogP contribution in [0.4, 0.5) is 0 Å². The molecule has 0 aliphatic rings. The summed E-state index contributed by atoms with van der Waals surface area (Å²) >= 11 is 6.13. The summed E-state index contributed by atoms with van der Waals surface area (Å²) in [4.78, 5) is 22.6. The molecule has 0 heterocycles. The molecule has 21 heavy (non-hydrogen) atoms. The Morgan fingerprint density at radius 2 is 1.90 bits per heavy atom. The van der Waals surface area contributed by atoms with E-state index in [0.29, 0.717) is 16.5 Å². The van der Waals surface area contributed by atoms with Gasteiger partial charge < -0.3 is 9.47 Å². The van der Waals surface area contributed by atoms with Crippen molar-refractivity contribution in [2.24, 2.45) is 0 Å². The Kier molecular flexibility index (Phi) is 4.29. The highest BCUT2D eigenvalue weighted by atomic mass is 35.5. The van der Waals surface area contributed by atoms with Crippen molar-refractivity contribution in [3.05, 3.63) is 47.5 Å². The van der Waals surface area contributed by atoms with Crippen molar-refractivity contribution in [1.29, 1.82) is 0 Å². The Balaban J connectivity index is 2.71. The molecule has 0 aliphatic carbocycles. The molecule has 2 aromatic carbocycles. The van der Waals surface area contributed by atoms with Crippen LogP contribution < -0.4 is 9.47 Å². The lowest BCUT2D eigenvalue weighted by Crippen LogP contribution is -2.06. The van der Waals surface area contributed by atoms with E-state index in [1.165, 1.54) is 13.0 Å². The van der Waals surface area contributed by atoms with E-state index < -0.39 is 11.9 Å². The minimum absolute atomic E-state index is 0.179. The van der Waals surface area contributed by atoms with Gasteiger partial charge in [-0.15, -0.1) is 0 Å². The first-order valence-corrected chi connectivity index (χ1v) is 6.55. The number of benzene rings is 2. The van der Waals surface area contributed by atoms with Crippen molar-refractivity contribution in [3.8, 4) is 11.5 Å². The van der Waals surface area contributed by atoms with Gasteiger partial charge in [-0.1, -0.05) is 35.9 Å². The molecule has 0 bridgehead atoms. The lowest BCUT2D eigenvalue weighted by molar-refractivity contribution is -0.132. The zero-order chi connectivity index (χ0) is 15.6. The van der Waals surface area contributed by atoms with Gasteiger partial charge in [-0.3, -0.25) is 4.79 Å². The molecule has 0 N–H and O–H groups in total. The highest BCUT2D eigenvalue weighted by Crippen LogP contribution is 2.40. The summed E-state index contributed by atoms with van der Waals surface area (Å²) < 4.78 is 10.3. The van der Waals surface area contributed by atoms with Crippen molar-refractivity contribution in [1.82, 2.24) is 0 Å². The first kappa shape index (κ1) is 15.1. The molecule has 5 heteroatoms. The third-order valence-electron chi connectivity index (χ3n) is 2.78. The van der Waals surface area contributed by atoms with Crippen LogP contribution in [0.1, 0.15) is 12.5 Å². The van der Waals surface area contributed by atoms with Crippen LogP contribution in [0.15, 0.2) is 36.9 Å². The summed E-state index contributed by atoms with van der Waals surface area (Å²) in [6.07, 6.45) is 1.05. The van der Waals surface area contributed by atoms with E-state index in [0.717, 1.165) is 11.6 Å². The molecule has 2 rings (SSSR count). The van der Waals surface area contributed by atoms with Gasteiger partial charge in [0.1, 0.15) is 5.75 Å². The predicted molar refractivity (Wildman–Crippen MR) is 80.8 cm³/mol. The summed E-state index contributed by atoms with van der Waals surface area (Å²) in [7, 11) is 0. The van der Waals surface area contributed by atoms with Crippen LogP contribution in [-0.4, -0.2) is 11.9 Å². The number of ether oxygens (including phenoxy) is 2. The molecular weight excluding hydrogens is 292 g/mol. The van der Waals surface area contributed by atoms with Gasteiger partial charge in [-0.25, -0.2) is 4.79 Å². The van der Waals surface area contributed by atoms with E-state index in [4.69, 9.17) is 21.1 Å². The van der Waals surface area contributed by atoms with Crippen molar-refractivity contribution >= 4 is 34.3 Å². The van der Waals surface area contributed by atoms with E-state index in [1.54, 1.807) is 6.07 Å². The molecule has 0 saturated heterocycles. The smallest absolute Gasteiger partial charge is 0.335 e. The Bertz CT molecular complexity index is 750. The van der Waals surface area contributed by atoms with Crippen molar-refractivity contribution < 1.29 is 19.1 Å². The van der Waals surface area contributed by atoms with Crippen LogP contribution >= 0.6 is 11.6 Å². The van der Waals surface area contributed by atoms with Crippen molar-refractivity contribution in [2.45, 2.75) is 13.8 Å². The molecule has 2 aromatic rings. The monoisotopic (exact) mass is 304 g/mol. The Labute approximate surface area is 126 Å². The fourth-order valence-electron chi connectivity index (χ4n) is 1.93. The lowest BCUT2D eigenvalue weighted by Gasteiger charge is -2.13. The molecule has 0 amide bonds. The van der Waals surface area contributed by atoms with Gasteiger partial charge in [0, 0.05) is 29.8 Å². The predicted octanol–water partition coefficient (Wildman–Crippen LogP) is 3.82. The summed E-state index contributed by atoms with van der Waals surface area (Å²) in [5, 5.41) is 1.40. The molecule has 0 saturated carbocycles. The SMILES string of the molecule is C=CC(=O)Oc1c(Cl)cc(OC(C)=O)c2cc(C)ccc12. The van der Waals surface area contributed by atoms with E-state index in [1.807, 2.05) is 19.1 Å². The summed E-state index contributed by atoms with van der Waals surface area (Å²) in [6.45, 7) is 6.56. The van der Waals surface area contributed by atoms with Crippen LogP contribution in [-0.2, 0) is 9.59 Å². The molecule has 0 radical (unpaired) electrons. The maximum absolute atomic E-state index is 11.4. The summed E-state index contributed by atoms with van der Waals surface area (Å²) in [6, 6.07) is 6.89. The molecule has 0 spiro atoms. The fraction of sp³-hybridized carbons (Fsp3) is 0.125. The summed E-state index contributed by atoms with van der Waals surface area (Å²) in [5.41, 5.74) is 0.972. The van der Waals surface area contributed by atoms with Gasteiger partial charge in [0.15, 0.2) is 5.75 Å². The summed E-state index contributed by atoms with van der Waals surface area (Å²) in [5.74, 6) is -0.527. The first-order chi connectivity index (χ1) is 9.92. The third kappa shape index (κ3) is 3.23. The van der Waals surface area contributed by atoms with E-state index >= 15 is 0 Å². The zero-order valence-electron chi connectivity index (χ0n) is 11.6. The second kappa shape index (κ2) is 5.97. The highest BCUT2D eigenvalue weighted by molar-refractivity contribution is 6.34. The van der Waals surface area contributed by atoms with Crippen LogP contribution in [0.5, 0.6) is 11.5 Å². The van der Waals surface area contributed by atoms with Gasteiger partial charge in [-0.2, -0.15) is 0 Å². The minimum atomic E-state index is -0.612. The topological polar surface area (TPSA) is 52.6 Å². The Hall–Kier alpha value is -2.33. The molecule has 0 fully saturated rings. The number of fused-ring (bicyclic) bond motifs is 1. The molecule has 4 nitrogen and oxygen atoms in total. The second-order valence-electron chi connectivity index (χ2n) is 4.45. The zero-order valence-corrected chi connectivity index (χ0v) is 12.4. The normalized spacial score (nSPS) is 10.2. The maximum atomic E-state index is 11.4. The van der Waals surface area contributed by atoms with Gasteiger partial charge in [0.25, 0.3) is 0 Å². The maximum Gasteiger partial charge on any atom is 0.335 e. The average molecular weight is 305 g/mol. The third-order valence-corrected chi connectivity index (χ3v) is 3.06. The van der Waals surface area contributed by atoms with Gasteiger partial charge in [0.2, 0.25) is 0 Å².